The van der Waals surface area contributed by atoms with Crippen molar-refractivity contribution in [3.63, 3.8) is 0 Å². The molecule has 0 saturated heterocycles. The van der Waals surface area contributed by atoms with Crippen molar-refractivity contribution in [2.75, 3.05) is 26.4 Å². The normalized spacial score (nSPS) is 22.5. The first-order valence-corrected chi connectivity index (χ1v) is 17.8. The molecule has 0 bridgehead atoms. The first kappa shape index (κ1) is 37.9. The van der Waals surface area contributed by atoms with E-state index in [9.17, 15) is 28.9 Å². The average Bonchev–Trinajstić information content (AvgIpc) is 3.11. The van der Waals surface area contributed by atoms with E-state index >= 15 is 0 Å². The fraction of sp³-hybridized carbons (Fsp3) is 0.575. The second kappa shape index (κ2) is 18.7. The Morgan fingerprint density at radius 2 is 1.48 bits per heavy atom. The summed E-state index contributed by atoms with van der Waals surface area (Å²) in [5.74, 6) is 0.166. The minimum Gasteiger partial charge on any atom is -0.462 e. The Morgan fingerprint density at radius 1 is 0.875 bits per heavy atom. The molecule has 0 heterocycles. The number of benzene rings is 2. The molecule has 0 aliphatic heterocycles. The minimum atomic E-state index is -1.29. The number of carbonyl (C=O) groups is 1. The van der Waals surface area contributed by atoms with Crippen LogP contribution < -0.4 is 0 Å². The molecule has 2 aromatic carbocycles. The van der Waals surface area contributed by atoms with Crippen LogP contribution in [0.15, 0.2) is 60.7 Å². The van der Waals surface area contributed by atoms with Crippen LogP contribution in [0.4, 0.5) is 8.78 Å². The van der Waals surface area contributed by atoms with Crippen LogP contribution in [-0.4, -0.2) is 54.0 Å². The summed E-state index contributed by atoms with van der Waals surface area (Å²) in [6, 6.07) is 10.8. The third-order valence-electron chi connectivity index (χ3n) is 10.7. The summed E-state index contributed by atoms with van der Waals surface area (Å²) in [4.78, 5) is 12.1. The zero-order valence-electron chi connectivity index (χ0n) is 28.5. The number of rotatable bonds is 17. The smallest absolute Gasteiger partial charge is 0.335 e. The van der Waals surface area contributed by atoms with Crippen molar-refractivity contribution in [2.24, 2.45) is 23.7 Å². The largest absolute Gasteiger partial charge is 0.462 e. The number of hydrogen-bond acceptors (Lipinski definition) is 6. The lowest BCUT2D eigenvalue weighted by atomic mass is 9.67. The van der Waals surface area contributed by atoms with Gasteiger partial charge in [-0.25, -0.2) is 13.6 Å². The maximum Gasteiger partial charge on any atom is 0.335 e. The molecule has 2 saturated carbocycles. The number of carbonyl (C=O) groups excluding carboxylic acids is 1. The van der Waals surface area contributed by atoms with Crippen LogP contribution in [0, 0.1) is 35.3 Å². The molecule has 0 amide bonds. The molecular weight excluding hydrogens is 614 g/mol. The lowest BCUT2D eigenvalue weighted by Crippen LogP contribution is -2.33. The van der Waals surface area contributed by atoms with Gasteiger partial charge in [0.2, 0.25) is 0 Å². The lowest BCUT2D eigenvalue weighted by molar-refractivity contribution is -0.145. The number of aryl methyl sites for hydroxylation is 1. The van der Waals surface area contributed by atoms with E-state index < -0.39 is 30.5 Å². The average molecular weight is 669 g/mol. The molecule has 0 aromatic heterocycles. The predicted octanol–water partition coefficient (Wildman–Crippen LogP) is 8.04. The van der Waals surface area contributed by atoms with Crippen LogP contribution >= 0.6 is 0 Å². The zero-order chi connectivity index (χ0) is 34.6. The Hall–Kier alpha value is -2.91. The van der Waals surface area contributed by atoms with Crippen LogP contribution in [0.3, 0.4) is 0 Å². The molecule has 2 fully saturated rings. The van der Waals surface area contributed by atoms with Crippen molar-refractivity contribution in [1.82, 2.24) is 0 Å². The number of unbranched alkanes of at least 4 members (excludes halogenated alkanes) is 2. The Bertz CT molecular complexity index is 1320. The second-order valence-electron chi connectivity index (χ2n) is 13.9. The fourth-order valence-corrected chi connectivity index (χ4v) is 7.64. The van der Waals surface area contributed by atoms with Crippen LogP contribution in [0.25, 0.3) is 11.1 Å². The molecule has 4 rings (SSSR count). The number of ether oxygens (including phenoxy) is 2. The summed E-state index contributed by atoms with van der Waals surface area (Å²) >= 11 is 0. The standard InChI is InChI=1S/C40H54F2O6/c1-4-5-6-7-28-20-36(41)38(37(42)21-28)34-18-16-32(17-19-34)30-10-8-29(9-11-30)31-12-14-33(15-13-31)35(24-47-39(45)26(2)22-43)25-48-40(46)27(3)23-44/h16-21,29-31,33,35,39,43-45H,2-15,22-25H2,1H3. The Morgan fingerprint density at radius 3 is 2.04 bits per heavy atom. The highest BCUT2D eigenvalue weighted by Gasteiger charge is 2.34. The molecule has 0 radical (unpaired) electrons. The van der Waals surface area contributed by atoms with Crippen LogP contribution in [0.5, 0.6) is 0 Å². The van der Waals surface area contributed by atoms with Gasteiger partial charge >= 0.3 is 5.97 Å². The predicted molar refractivity (Wildman–Crippen MR) is 184 cm³/mol. The highest BCUT2D eigenvalue weighted by atomic mass is 19.1. The minimum absolute atomic E-state index is 0.01000. The molecule has 6 nitrogen and oxygen atoms in total. The van der Waals surface area contributed by atoms with Crippen LogP contribution in [-0.2, 0) is 20.7 Å². The van der Waals surface area contributed by atoms with Gasteiger partial charge in [0.25, 0.3) is 0 Å². The zero-order valence-corrected chi connectivity index (χ0v) is 28.5. The van der Waals surface area contributed by atoms with Gasteiger partial charge in [-0.2, -0.15) is 0 Å². The summed E-state index contributed by atoms with van der Waals surface area (Å²) in [7, 11) is 0. The van der Waals surface area contributed by atoms with E-state index in [1.807, 2.05) is 24.3 Å². The second-order valence-corrected chi connectivity index (χ2v) is 13.9. The first-order valence-electron chi connectivity index (χ1n) is 17.8. The molecule has 3 N–H and O–H groups in total. The third-order valence-corrected chi connectivity index (χ3v) is 10.7. The van der Waals surface area contributed by atoms with E-state index in [-0.39, 0.29) is 48.4 Å². The van der Waals surface area contributed by atoms with Gasteiger partial charge in [0.1, 0.15) is 11.6 Å². The van der Waals surface area contributed by atoms with Crippen molar-refractivity contribution in [3.05, 3.63) is 83.5 Å². The molecule has 8 heteroatoms. The maximum atomic E-state index is 15.0. The quantitative estimate of drug-likeness (QED) is 0.0519. The first-order chi connectivity index (χ1) is 23.1. The van der Waals surface area contributed by atoms with Gasteiger partial charge in [-0.05, 0) is 117 Å². The Labute approximate surface area is 284 Å². The van der Waals surface area contributed by atoms with Crippen molar-refractivity contribution in [1.29, 1.82) is 0 Å². The van der Waals surface area contributed by atoms with Gasteiger partial charge in [0.05, 0.1) is 37.6 Å². The molecule has 2 aromatic rings. The highest BCUT2D eigenvalue weighted by Crippen LogP contribution is 2.45. The van der Waals surface area contributed by atoms with Crippen molar-refractivity contribution in [2.45, 2.75) is 96.2 Å². The summed E-state index contributed by atoms with van der Waals surface area (Å²) in [6.07, 6.45) is 11.0. The summed E-state index contributed by atoms with van der Waals surface area (Å²) in [6.45, 7) is 8.65. The van der Waals surface area contributed by atoms with Gasteiger partial charge in [-0.15, -0.1) is 0 Å². The number of esters is 1. The van der Waals surface area contributed by atoms with Gasteiger partial charge in [-0.3, -0.25) is 0 Å². The van der Waals surface area contributed by atoms with Gasteiger partial charge in [0.15, 0.2) is 6.29 Å². The molecule has 264 valence electrons. The van der Waals surface area contributed by atoms with Crippen LogP contribution in [0.1, 0.15) is 94.6 Å². The maximum absolute atomic E-state index is 15.0. The number of aliphatic hydroxyl groups excluding tert-OH is 3. The van der Waals surface area contributed by atoms with Crippen molar-refractivity contribution in [3.8, 4) is 11.1 Å². The third kappa shape index (κ3) is 10.3. The van der Waals surface area contributed by atoms with Gasteiger partial charge in [-0.1, -0.05) is 57.2 Å². The number of hydrogen-bond donors (Lipinski definition) is 3. The molecule has 2 aliphatic carbocycles. The van der Waals surface area contributed by atoms with Crippen molar-refractivity contribution < 1.29 is 38.4 Å². The molecule has 2 atom stereocenters. The number of halogens is 2. The van der Waals surface area contributed by atoms with E-state index in [0.717, 1.165) is 70.6 Å². The van der Waals surface area contributed by atoms with Gasteiger partial charge in [0, 0.05) is 11.5 Å². The summed E-state index contributed by atoms with van der Waals surface area (Å²) in [5, 5.41) is 28.6. The van der Waals surface area contributed by atoms with E-state index in [4.69, 9.17) is 9.47 Å². The summed E-state index contributed by atoms with van der Waals surface area (Å²) < 4.78 is 41.0. The molecule has 2 aliphatic rings. The van der Waals surface area contributed by atoms with E-state index in [1.165, 1.54) is 17.7 Å². The van der Waals surface area contributed by atoms with E-state index in [0.29, 0.717) is 35.3 Å². The van der Waals surface area contributed by atoms with Gasteiger partial charge < -0.3 is 24.8 Å². The molecular formula is C40H54F2O6. The molecule has 2 unspecified atom stereocenters. The number of aliphatic hydroxyl groups is 3. The van der Waals surface area contributed by atoms with E-state index in [2.05, 4.69) is 20.1 Å². The lowest BCUT2D eigenvalue weighted by Gasteiger charge is -2.40. The fourth-order valence-electron chi connectivity index (χ4n) is 7.64. The highest BCUT2D eigenvalue weighted by molar-refractivity contribution is 5.87. The van der Waals surface area contributed by atoms with Crippen LogP contribution in [0.2, 0.25) is 0 Å². The van der Waals surface area contributed by atoms with E-state index in [1.54, 1.807) is 0 Å². The summed E-state index contributed by atoms with van der Waals surface area (Å²) in [5.41, 5.74) is 2.72. The SMILES string of the molecule is C=C(CO)C(=O)OCC(COC(O)C(=C)CO)C1CCC(C2CCC(c3ccc(-c4c(F)cc(CCCCC)cc4F)cc3)CC2)CC1. The monoisotopic (exact) mass is 668 g/mol. The molecule has 48 heavy (non-hydrogen) atoms. The Balaban J connectivity index is 1.28. The topological polar surface area (TPSA) is 96.2 Å². The van der Waals surface area contributed by atoms with Crippen molar-refractivity contribution >= 4 is 5.97 Å². The Kier molecular flexibility index (Phi) is 14.8. The molecule has 0 spiro atoms.